The van der Waals surface area contributed by atoms with Crippen molar-refractivity contribution in [1.82, 2.24) is 10.3 Å². The monoisotopic (exact) mass is 284 g/mol. The van der Waals surface area contributed by atoms with Gasteiger partial charge in [-0.1, -0.05) is 26.0 Å². The van der Waals surface area contributed by atoms with Gasteiger partial charge in [-0.25, -0.2) is 4.98 Å². The number of halogens is 3. The number of aromatic nitrogens is 1. The molecule has 3 nitrogen and oxygen atoms in total. The summed E-state index contributed by atoms with van der Waals surface area (Å²) in [4.78, 5) is 4.08. The standard InChI is InChI=1S/C14H15F3N2O/c1-9(2)18-8-13-19-7-12(20-13)10-3-5-11(6-4-10)14(15,16)17/h3-7,9,18H,8H2,1-2H3. The van der Waals surface area contributed by atoms with Crippen LogP contribution in [-0.4, -0.2) is 11.0 Å². The van der Waals surface area contributed by atoms with Crippen molar-refractivity contribution in [2.75, 3.05) is 0 Å². The van der Waals surface area contributed by atoms with Gasteiger partial charge in [0.15, 0.2) is 5.76 Å². The van der Waals surface area contributed by atoms with Crippen molar-refractivity contribution < 1.29 is 17.6 Å². The number of hydrogen-bond acceptors (Lipinski definition) is 3. The molecule has 0 amide bonds. The van der Waals surface area contributed by atoms with E-state index >= 15 is 0 Å². The van der Waals surface area contributed by atoms with Gasteiger partial charge in [-0.2, -0.15) is 13.2 Å². The molecule has 0 radical (unpaired) electrons. The van der Waals surface area contributed by atoms with E-state index in [9.17, 15) is 13.2 Å². The summed E-state index contributed by atoms with van der Waals surface area (Å²) in [5.41, 5.74) is -0.108. The van der Waals surface area contributed by atoms with Crippen LogP contribution in [0.15, 0.2) is 34.9 Å². The summed E-state index contributed by atoms with van der Waals surface area (Å²) in [5.74, 6) is 0.966. The number of nitrogens with one attached hydrogen (secondary N) is 1. The molecule has 1 aromatic carbocycles. The highest BCUT2D eigenvalue weighted by Gasteiger charge is 2.30. The highest BCUT2D eigenvalue weighted by molar-refractivity contribution is 5.56. The Bertz CT molecular complexity index is 559. The van der Waals surface area contributed by atoms with Gasteiger partial charge < -0.3 is 9.73 Å². The Morgan fingerprint density at radius 2 is 1.85 bits per heavy atom. The second-order valence-corrected chi connectivity index (χ2v) is 4.73. The SMILES string of the molecule is CC(C)NCc1ncc(-c2ccc(C(F)(F)F)cc2)o1. The van der Waals surface area contributed by atoms with Gasteiger partial charge in [0, 0.05) is 11.6 Å². The third kappa shape index (κ3) is 3.60. The minimum atomic E-state index is -4.33. The van der Waals surface area contributed by atoms with Crippen molar-refractivity contribution in [2.45, 2.75) is 32.6 Å². The van der Waals surface area contributed by atoms with Crippen LogP contribution in [0.3, 0.4) is 0 Å². The van der Waals surface area contributed by atoms with E-state index in [2.05, 4.69) is 10.3 Å². The Balaban J connectivity index is 2.12. The van der Waals surface area contributed by atoms with Crippen molar-refractivity contribution in [3.8, 4) is 11.3 Å². The molecule has 20 heavy (non-hydrogen) atoms. The van der Waals surface area contributed by atoms with E-state index < -0.39 is 11.7 Å². The van der Waals surface area contributed by atoms with E-state index in [1.165, 1.54) is 18.3 Å². The number of nitrogens with zero attached hydrogens (tertiary/aromatic N) is 1. The van der Waals surface area contributed by atoms with Crippen LogP contribution >= 0.6 is 0 Å². The maximum absolute atomic E-state index is 12.5. The highest BCUT2D eigenvalue weighted by atomic mass is 19.4. The van der Waals surface area contributed by atoms with Gasteiger partial charge in [0.25, 0.3) is 0 Å². The van der Waals surface area contributed by atoms with E-state index in [4.69, 9.17) is 4.42 Å². The molecule has 0 unspecified atom stereocenters. The molecule has 0 aliphatic carbocycles. The van der Waals surface area contributed by atoms with Crippen LogP contribution in [0.4, 0.5) is 13.2 Å². The lowest BCUT2D eigenvalue weighted by Gasteiger charge is -2.06. The largest absolute Gasteiger partial charge is 0.439 e. The first kappa shape index (κ1) is 14.6. The second-order valence-electron chi connectivity index (χ2n) is 4.73. The van der Waals surface area contributed by atoms with Crippen LogP contribution in [0.2, 0.25) is 0 Å². The Morgan fingerprint density at radius 1 is 1.20 bits per heavy atom. The summed E-state index contributed by atoms with van der Waals surface area (Å²) in [6.45, 7) is 4.48. The maximum atomic E-state index is 12.5. The van der Waals surface area contributed by atoms with Crippen LogP contribution in [0, 0.1) is 0 Å². The third-order valence-electron chi connectivity index (χ3n) is 2.71. The molecule has 2 rings (SSSR count). The summed E-state index contributed by atoms with van der Waals surface area (Å²) in [5, 5.41) is 3.15. The summed E-state index contributed by atoms with van der Waals surface area (Å²) in [6, 6.07) is 5.12. The zero-order valence-electron chi connectivity index (χ0n) is 11.2. The minimum Gasteiger partial charge on any atom is -0.439 e. The topological polar surface area (TPSA) is 38.1 Å². The molecule has 0 spiro atoms. The Kier molecular flexibility index (Phi) is 4.13. The summed E-state index contributed by atoms with van der Waals surface area (Å²) in [6.07, 6.45) is -2.81. The zero-order valence-corrected chi connectivity index (χ0v) is 11.2. The van der Waals surface area contributed by atoms with Gasteiger partial charge in [-0.3, -0.25) is 0 Å². The average Bonchev–Trinajstić information content (AvgIpc) is 2.84. The molecule has 6 heteroatoms. The van der Waals surface area contributed by atoms with Crippen molar-refractivity contribution in [2.24, 2.45) is 0 Å². The van der Waals surface area contributed by atoms with Crippen molar-refractivity contribution in [1.29, 1.82) is 0 Å². The summed E-state index contributed by atoms with van der Waals surface area (Å²) < 4.78 is 42.9. The Morgan fingerprint density at radius 3 is 2.40 bits per heavy atom. The second kappa shape index (κ2) is 5.66. The number of alkyl halides is 3. The predicted molar refractivity (Wildman–Crippen MR) is 68.9 cm³/mol. The van der Waals surface area contributed by atoms with Crippen molar-refractivity contribution in [3.63, 3.8) is 0 Å². The van der Waals surface area contributed by atoms with Crippen LogP contribution in [0.5, 0.6) is 0 Å². The van der Waals surface area contributed by atoms with E-state index in [0.29, 0.717) is 29.8 Å². The van der Waals surface area contributed by atoms with Gasteiger partial charge in [0.05, 0.1) is 18.3 Å². The molecule has 0 aliphatic heterocycles. The number of oxazole rings is 1. The van der Waals surface area contributed by atoms with E-state index in [-0.39, 0.29) is 0 Å². The lowest BCUT2D eigenvalue weighted by Crippen LogP contribution is -2.21. The molecule has 2 aromatic rings. The fraction of sp³-hybridized carbons (Fsp3) is 0.357. The first-order valence-electron chi connectivity index (χ1n) is 6.22. The molecule has 1 heterocycles. The molecule has 108 valence electrons. The normalized spacial score (nSPS) is 12.1. The molecule has 1 aromatic heterocycles. The Hall–Kier alpha value is -1.82. The molecule has 0 saturated heterocycles. The molecule has 1 N–H and O–H groups in total. The van der Waals surface area contributed by atoms with E-state index in [0.717, 1.165) is 12.1 Å². The van der Waals surface area contributed by atoms with Gasteiger partial charge >= 0.3 is 6.18 Å². The summed E-state index contributed by atoms with van der Waals surface area (Å²) >= 11 is 0. The van der Waals surface area contributed by atoms with E-state index in [1.54, 1.807) is 0 Å². The van der Waals surface area contributed by atoms with Gasteiger partial charge in [-0.05, 0) is 12.1 Å². The van der Waals surface area contributed by atoms with Crippen LogP contribution in [0.25, 0.3) is 11.3 Å². The van der Waals surface area contributed by atoms with Gasteiger partial charge in [-0.15, -0.1) is 0 Å². The molecule has 0 atom stereocenters. The lowest BCUT2D eigenvalue weighted by molar-refractivity contribution is -0.137. The summed E-state index contributed by atoms with van der Waals surface area (Å²) in [7, 11) is 0. The molecule has 0 saturated carbocycles. The maximum Gasteiger partial charge on any atom is 0.416 e. The number of benzene rings is 1. The van der Waals surface area contributed by atoms with Crippen LogP contribution in [0.1, 0.15) is 25.3 Å². The average molecular weight is 284 g/mol. The van der Waals surface area contributed by atoms with Gasteiger partial charge in [0.2, 0.25) is 5.89 Å². The number of hydrogen-bond donors (Lipinski definition) is 1. The quantitative estimate of drug-likeness (QED) is 0.926. The molecule has 0 aliphatic rings. The first-order chi connectivity index (χ1) is 9.36. The van der Waals surface area contributed by atoms with Crippen molar-refractivity contribution >= 4 is 0 Å². The number of rotatable bonds is 4. The smallest absolute Gasteiger partial charge is 0.416 e. The van der Waals surface area contributed by atoms with E-state index in [1.807, 2.05) is 13.8 Å². The van der Waals surface area contributed by atoms with Crippen LogP contribution < -0.4 is 5.32 Å². The fourth-order valence-corrected chi connectivity index (χ4v) is 1.64. The fourth-order valence-electron chi connectivity index (χ4n) is 1.64. The zero-order chi connectivity index (χ0) is 14.8. The molecular formula is C14H15F3N2O. The minimum absolute atomic E-state index is 0.302. The highest BCUT2D eigenvalue weighted by Crippen LogP contribution is 2.31. The first-order valence-corrected chi connectivity index (χ1v) is 6.22. The van der Waals surface area contributed by atoms with Gasteiger partial charge in [0.1, 0.15) is 0 Å². The molecule has 0 bridgehead atoms. The van der Waals surface area contributed by atoms with Crippen LogP contribution in [-0.2, 0) is 12.7 Å². The Labute approximate surface area is 114 Å². The predicted octanol–water partition coefficient (Wildman–Crippen LogP) is 3.86. The third-order valence-corrected chi connectivity index (χ3v) is 2.71. The lowest BCUT2D eigenvalue weighted by atomic mass is 10.1. The molecule has 0 fully saturated rings. The molecular weight excluding hydrogens is 269 g/mol. The van der Waals surface area contributed by atoms with Crippen molar-refractivity contribution in [3.05, 3.63) is 41.9 Å².